The molecule has 1 aromatic rings. The predicted molar refractivity (Wildman–Crippen MR) is 77.0 cm³/mol. The van der Waals surface area contributed by atoms with E-state index in [0.717, 1.165) is 36.0 Å². The Balaban J connectivity index is 2.16. The first-order valence-electron chi connectivity index (χ1n) is 6.37. The zero-order chi connectivity index (χ0) is 13.1. The van der Waals surface area contributed by atoms with Crippen LogP contribution in [-0.4, -0.2) is 31.4 Å². The van der Waals surface area contributed by atoms with Gasteiger partial charge in [-0.15, -0.1) is 0 Å². The third-order valence-corrected chi connectivity index (χ3v) is 4.20. The van der Waals surface area contributed by atoms with Gasteiger partial charge in [0, 0.05) is 30.4 Å². The molecule has 1 aliphatic rings. The summed E-state index contributed by atoms with van der Waals surface area (Å²) >= 11 is 3.53. The maximum atomic E-state index is 9.62. The van der Waals surface area contributed by atoms with Crippen LogP contribution in [0.4, 0.5) is 5.69 Å². The molecule has 0 saturated carbocycles. The van der Waals surface area contributed by atoms with Crippen molar-refractivity contribution >= 4 is 21.6 Å². The quantitative estimate of drug-likeness (QED) is 0.930. The molecule has 0 amide bonds. The largest absolute Gasteiger partial charge is 0.389 e. The van der Waals surface area contributed by atoms with Crippen molar-refractivity contribution in [2.24, 2.45) is 0 Å². The summed E-state index contributed by atoms with van der Waals surface area (Å²) in [4.78, 5) is 2.34. The van der Waals surface area contributed by atoms with E-state index in [1.807, 2.05) is 6.07 Å². The molecule has 1 aliphatic heterocycles. The van der Waals surface area contributed by atoms with Gasteiger partial charge in [-0.2, -0.15) is 0 Å². The minimum absolute atomic E-state index is 0.328. The van der Waals surface area contributed by atoms with Gasteiger partial charge in [0.15, 0.2) is 0 Å². The lowest BCUT2D eigenvalue weighted by Crippen LogP contribution is -2.39. The number of aliphatic hydroxyl groups is 1. The third-order valence-electron chi connectivity index (χ3n) is 3.51. The summed E-state index contributed by atoms with van der Waals surface area (Å²) in [7, 11) is 1.78. The van der Waals surface area contributed by atoms with Crippen molar-refractivity contribution < 1.29 is 9.84 Å². The minimum atomic E-state index is -0.443. The number of methoxy groups -OCH3 is 1. The van der Waals surface area contributed by atoms with Crippen molar-refractivity contribution in [3.63, 3.8) is 0 Å². The Morgan fingerprint density at radius 1 is 1.50 bits per heavy atom. The van der Waals surface area contributed by atoms with Gasteiger partial charge in [-0.3, -0.25) is 0 Å². The van der Waals surface area contributed by atoms with Gasteiger partial charge < -0.3 is 14.7 Å². The summed E-state index contributed by atoms with van der Waals surface area (Å²) in [6, 6.07) is 6.14. The molecule has 1 N–H and O–H groups in total. The van der Waals surface area contributed by atoms with Crippen molar-refractivity contribution in [1.82, 2.24) is 0 Å². The van der Waals surface area contributed by atoms with Crippen molar-refractivity contribution in [3.05, 3.63) is 28.2 Å². The van der Waals surface area contributed by atoms with Crippen LogP contribution in [0.1, 0.15) is 31.4 Å². The number of nitrogens with zero attached hydrogens (tertiary/aromatic N) is 1. The van der Waals surface area contributed by atoms with Crippen LogP contribution in [0.25, 0.3) is 0 Å². The first kappa shape index (κ1) is 13.8. The van der Waals surface area contributed by atoms with Gasteiger partial charge in [-0.1, -0.05) is 22.0 Å². The van der Waals surface area contributed by atoms with E-state index < -0.39 is 6.10 Å². The van der Waals surface area contributed by atoms with Crippen molar-refractivity contribution in [3.8, 4) is 0 Å². The van der Waals surface area contributed by atoms with Crippen molar-refractivity contribution in [2.75, 3.05) is 25.1 Å². The highest BCUT2D eigenvalue weighted by molar-refractivity contribution is 9.10. The van der Waals surface area contributed by atoms with Gasteiger partial charge in [-0.25, -0.2) is 0 Å². The Hall–Kier alpha value is -0.580. The highest BCUT2D eigenvalue weighted by atomic mass is 79.9. The van der Waals surface area contributed by atoms with Crippen LogP contribution in [0.15, 0.2) is 22.7 Å². The Labute approximate surface area is 117 Å². The molecule has 0 spiro atoms. The number of piperidine rings is 1. The van der Waals surface area contributed by atoms with Crippen LogP contribution in [0.5, 0.6) is 0 Å². The molecule has 1 fully saturated rings. The van der Waals surface area contributed by atoms with Gasteiger partial charge in [0.2, 0.25) is 0 Å². The van der Waals surface area contributed by atoms with Gasteiger partial charge in [0.05, 0.1) is 12.2 Å². The standard InChI is InChI=1S/C14H20BrNO2/c1-10(17)13-6-5-11(8-14(13)15)16-7-3-4-12(9-16)18-2/h5-6,8,10,12,17H,3-4,7,9H2,1-2H3/t10-,12?/m0/s1. The average molecular weight is 314 g/mol. The number of rotatable bonds is 3. The summed E-state index contributed by atoms with van der Waals surface area (Å²) < 4.78 is 6.41. The van der Waals surface area contributed by atoms with E-state index in [0.29, 0.717) is 6.10 Å². The Morgan fingerprint density at radius 3 is 2.89 bits per heavy atom. The van der Waals surface area contributed by atoms with E-state index in [-0.39, 0.29) is 0 Å². The molecule has 0 aromatic heterocycles. The zero-order valence-corrected chi connectivity index (χ0v) is 12.5. The smallest absolute Gasteiger partial charge is 0.0772 e. The lowest BCUT2D eigenvalue weighted by Gasteiger charge is -2.34. The molecular formula is C14H20BrNO2. The fourth-order valence-electron chi connectivity index (χ4n) is 2.42. The molecule has 100 valence electrons. The molecule has 18 heavy (non-hydrogen) atoms. The number of halogens is 1. The zero-order valence-electron chi connectivity index (χ0n) is 10.9. The van der Waals surface area contributed by atoms with Crippen LogP contribution in [0.3, 0.4) is 0 Å². The minimum Gasteiger partial charge on any atom is -0.389 e. The topological polar surface area (TPSA) is 32.7 Å². The normalized spacial score (nSPS) is 22.0. The second kappa shape index (κ2) is 6.04. The lowest BCUT2D eigenvalue weighted by molar-refractivity contribution is 0.0893. The SMILES string of the molecule is COC1CCCN(c2ccc([C@H](C)O)c(Br)c2)C1. The van der Waals surface area contributed by atoms with Crippen LogP contribution in [0, 0.1) is 0 Å². The molecule has 0 radical (unpaired) electrons. The predicted octanol–water partition coefficient (Wildman–Crippen LogP) is 3.12. The van der Waals surface area contributed by atoms with Gasteiger partial charge in [-0.05, 0) is 37.5 Å². The maximum Gasteiger partial charge on any atom is 0.0772 e. The monoisotopic (exact) mass is 313 g/mol. The summed E-state index contributed by atoms with van der Waals surface area (Å²) in [5, 5.41) is 9.62. The molecule has 1 unspecified atom stereocenters. The first-order valence-corrected chi connectivity index (χ1v) is 7.16. The Kier molecular flexibility index (Phi) is 4.65. The second-order valence-electron chi connectivity index (χ2n) is 4.83. The van der Waals surface area contributed by atoms with Crippen LogP contribution in [-0.2, 0) is 4.74 Å². The van der Waals surface area contributed by atoms with E-state index in [1.165, 1.54) is 5.69 Å². The lowest BCUT2D eigenvalue weighted by atomic mass is 10.1. The first-order chi connectivity index (χ1) is 8.61. The molecule has 3 nitrogen and oxygen atoms in total. The van der Waals surface area contributed by atoms with Gasteiger partial charge in [0.25, 0.3) is 0 Å². The van der Waals surface area contributed by atoms with E-state index in [2.05, 4.69) is 33.0 Å². The average Bonchev–Trinajstić information content (AvgIpc) is 2.38. The number of hydrogen-bond acceptors (Lipinski definition) is 3. The number of ether oxygens (including phenoxy) is 1. The number of hydrogen-bond donors (Lipinski definition) is 1. The fourth-order valence-corrected chi connectivity index (χ4v) is 3.11. The van der Waals surface area contributed by atoms with Gasteiger partial charge >= 0.3 is 0 Å². The molecule has 2 atom stereocenters. The summed E-state index contributed by atoms with van der Waals surface area (Å²) in [5.41, 5.74) is 2.12. The molecule has 0 aliphatic carbocycles. The molecule has 2 rings (SSSR count). The highest BCUT2D eigenvalue weighted by Crippen LogP contribution is 2.29. The van der Waals surface area contributed by atoms with Crippen molar-refractivity contribution in [1.29, 1.82) is 0 Å². The van der Waals surface area contributed by atoms with Crippen LogP contribution < -0.4 is 4.90 Å². The molecule has 1 saturated heterocycles. The maximum absolute atomic E-state index is 9.62. The number of anilines is 1. The fraction of sp³-hybridized carbons (Fsp3) is 0.571. The van der Waals surface area contributed by atoms with Crippen LogP contribution in [0.2, 0.25) is 0 Å². The highest BCUT2D eigenvalue weighted by Gasteiger charge is 2.20. The van der Waals surface area contributed by atoms with E-state index >= 15 is 0 Å². The van der Waals surface area contributed by atoms with E-state index in [4.69, 9.17) is 4.74 Å². The van der Waals surface area contributed by atoms with E-state index in [1.54, 1.807) is 14.0 Å². The molecule has 1 heterocycles. The molecular weight excluding hydrogens is 294 g/mol. The van der Waals surface area contributed by atoms with Gasteiger partial charge in [0.1, 0.15) is 0 Å². The van der Waals surface area contributed by atoms with Crippen molar-refractivity contribution in [2.45, 2.75) is 32.0 Å². The molecule has 0 bridgehead atoms. The van der Waals surface area contributed by atoms with Crippen LogP contribution >= 0.6 is 15.9 Å². The number of aliphatic hydroxyl groups excluding tert-OH is 1. The molecule has 4 heteroatoms. The Bertz CT molecular complexity index is 409. The summed E-state index contributed by atoms with van der Waals surface area (Å²) in [6.07, 6.45) is 2.18. The summed E-state index contributed by atoms with van der Waals surface area (Å²) in [6.45, 7) is 3.79. The number of benzene rings is 1. The summed E-state index contributed by atoms with van der Waals surface area (Å²) in [5.74, 6) is 0. The third kappa shape index (κ3) is 3.05. The Morgan fingerprint density at radius 2 is 2.28 bits per heavy atom. The second-order valence-corrected chi connectivity index (χ2v) is 5.68. The molecule has 1 aromatic carbocycles. The van der Waals surface area contributed by atoms with E-state index in [9.17, 15) is 5.11 Å².